The van der Waals surface area contributed by atoms with Crippen LogP contribution in [0.5, 0.6) is 0 Å². The van der Waals surface area contributed by atoms with E-state index in [-0.39, 0.29) is 11.3 Å². The van der Waals surface area contributed by atoms with Gasteiger partial charge in [0.2, 0.25) is 0 Å². The quantitative estimate of drug-likeness (QED) is 0.722. The molecule has 138 valence electrons. The summed E-state index contributed by atoms with van der Waals surface area (Å²) in [7, 11) is 0. The van der Waals surface area contributed by atoms with Gasteiger partial charge in [0.05, 0.1) is 5.56 Å². The Bertz CT molecular complexity index is 759. The Morgan fingerprint density at radius 2 is 1.58 bits per heavy atom. The van der Waals surface area contributed by atoms with E-state index in [0.717, 1.165) is 11.1 Å². The van der Waals surface area contributed by atoms with E-state index in [2.05, 4.69) is 37.6 Å². The number of carbonyl (C=O) groups is 2. The molecule has 0 unspecified atom stereocenters. The molecule has 0 atom stereocenters. The zero-order valence-electron chi connectivity index (χ0n) is 15.8. The van der Waals surface area contributed by atoms with Crippen LogP contribution in [0.3, 0.4) is 0 Å². The lowest BCUT2D eigenvalue weighted by molar-refractivity contribution is 0.0696. The molecule has 2 aromatic rings. The zero-order chi connectivity index (χ0) is 19.3. The molecule has 1 heterocycles. The first-order chi connectivity index (χ1) is 12.3. The molecule has 0 fully saturated rings. The number of aromatic nitrogens is 1. The first kappa shape index (κ1) is 19.8. The number of hydrogen-bond donors (Lipinski definition) is 1. The van der Waals surface area contributed by atoms with Gasteiger partial charge in [0.25, 0.3) is 0 Å². The molecule has 0 saturated carbocycles. The van der Waals surface area contributed by atoms with Gasteiger partial charge in [-0.25, -0.2) is 4.79 Å². The third-order valence-electron chi connectivity index (χ3n) is 4.45. The summed E-state index contributed by atoms with van der Waals surface area (Å²) in [6.45, 7) is 9.24. The van der Waals surface area contributed by atoms with Crippen LogP contribution < -0.4 is 0 Å². The Balaban J connectivity index is 2.13. The van der Waals surface area contributed by atoms with Crippen molar-refractivity contribution >= 4 is 11.8 Å². The molecule has 0 spiro atoms. The SMILES string of the molecule is CC(C)N(CCC(=O)c1cncc(-c2ccc(C(=O)O)cc2)c1)C(C)C. The first-order valence-electron chi connectivity index (χ1n) is 8.87. The molecular weight excluding hydrogens is 328 g/mol. The van der Waals surface area contributed by atoms with Gasteiger partial charge in [-0.15, -0.1) is 0 Å². The maximum absolute atomic E-state index is 12.6. The van der Waals surface area contributed by atoms with Gasteiger partial charge in [-0.2, -0.15) is 0 Å². The lowest BCUT2D eigenvalue weighted by Gasteiger charge is -2.30. The van der Waals surface area contributed by atoms with E-state index >= 15 is 0 Å². The molecule has 0 aliphatic rings. The summed E-state index contributed by atoms with van der Waals surface area (Å²) in [5.41, 5.74) is 2.45. The van der Waals surface area contributed by atoms with Gasteiger partial charge in [0.15, 0.2) is 5.78 Å². The summed E-state index contributed by atoms with van der Waals surface area (Å²) in [5.74, 6) is -0.897. The average Bonchev–Trinajstić information content (AvgIpc) is 2.61. The molecule has 26 heavy (non-hydrogen) atoms. The zero-order valence-corrected chi connectivity index (χ0v) is 15.8. The number of rotatable bonds is 8. The highest BCUT2D eigenvalue weighted by Crippen LogP contribution is 2.21. The monoisotopic (exact) mass is 354 g/mol. The molecule has 1 aromatic heterocycles. The third kappa shape index (κ3) is 4.99. The van der Waals surface area contributed by atoms with Crippen LogP contribution in [0, 0.1) is 0 Å². The van der Waals surface area contributed by atoms with Gasteiger partial charge in [0.1, 0.15) is 0 Å². The minimum Gasteiger partial charge on any atom is -0.478 e. The molecule has 0 aliphatic carbocycles. The van der Waals surface area contributed by atoms with E-state index in [0.29, 0.717) is 30.6 Å². The third-order valence-corrected chi connectivity index (χ3v) is 4.45. The summed E-state index contributed by atoms with van der Waals surface area (Å²) in [4.78, 5) is 30.0. The topological polar surface area (TPSA) is 70.5 Å². The number of benzene rings is 1. The van der Waals surface area contributed by atoms with E-state index in [1.165, 1.54) is 0 Å². The van der Waals surface area contributed by atoms with Gasteiger partial charge in [0, 0.05) is 48.6 Å². The van der Waals surface area contributed by atoms with Crippen LogP contribution in [0.15, 0.2) is 42.7 Å². The van der Waals surface area contributed by atoms with Crippen LogP contribution in [0.25, 0.3) is 11.1 Å². The number of carbonyl (C=O) groups excluding carboxylic acids is 1. The average molecular weight is 354 g/mol. The van der Waals surface area contributed by atoms with Crippen molar-refractivity contribution in [1.29, 1.82) is 0 Å². The Kier molecular flexibility index (Phi) is 6.64. The van der Waals surface area contributed by atoms with Crippen molar-refractivity contribution in [2.24, 2.45) is 0 Å². The second kappa shape index (κ2) is 8.72. The van der Waals surface area contributed by atoms with Gasteiger partial charge in [-0.05, 0) is 51.5 Å². The first-order valence-corrected chi connectivity index (χ1v) is 8.87. The fourth-order valence-corrected chi connectivity index (χ4v) is 3.04. The summed E-state index contributed by atoms with van der Waals surface area (Å²) >= 11 is 0. The largest absolute Gasteiger partial charge is 0.478 e. The van der Waals surface area contributed by atoms with Gasteiger partial charge in [-0.1, -0.05) is 12.1 Å². The number of Topliss-reactive ketones (excluding diaryl/α,β-unsaturated/α-hetero) is 1. The number of hydrogen-bond acceptors (Lipinski definition) is 4. The van der Waals surface area contributed by atoms with Crippen molar-refractivity contribution in [3.8, 4) is 11.1 Å². The van der Waals surface area contributed by atoms with Crippen LogP contribution in [0.2, 0.25) is 0 Å². The van der Waals surface area contributed by atoms with Crippen LogP contribution in [0.1, 0.15) is 54.8 Å². The Morgan fingerprint density at radius 3 is 2.12 bits per heavy atom. The second-order valence-corrected chi connectivity index (χ2v) is 6.94. The summed E-state index contributed by atoms with van der Waals surface area (Å²) in [5, 5.41) is 8.98. The van der Waals surface area contributed by atoms with E-state index in [1.807, 2.05) is 6.07 Å². The standard InChI is InChI=1S/C21H26N2O3/c1-14(2)23(15(3)4)10-9-20(24)19-11-18(12-22-13-19)16-5-7-17(8-6-16)21(25)26/h5-8,11-15H,9-10H2,1-4H3,(H,25,26). The molecule has 0 amide bonds. The highest BCUT2D eigenvalue weighted by molar-refractivity contribution is 5.97. The van der Waals surface area contributed by atoms with Crippen molar-refractivity contribution < 1.29 is 14.7 Å². The number of carboxylic acids is 1. The number of nitrogens with zero attached hydrogens (tertiary/aromatic N) is 2. The van der Waals surface area contributed by atoms with Gasteiger partial charge in [-0.3, -0.25) is 14.7 Å². The Hall–Kier alpha value is -2.53. The lowest BCUT2D eigenvalue weighted by Crippen LogP contribution is -2.38. The predicted molar refractivity (Wildman–Crippen MR) is 103 cm³/mol. The molecule has 0 aliphatic heterocycles. The van der Waals surface area contributed by atoms with Crippen molar-refractivity contribution in [3.63, 3.8) is 0 Å². The molecular formula is C21H26N2O3. The number of pyridine rings is 1. The fourth-order valence-electron chi connectivity index (χ4n) is 3.04. The highest BCUT2D eigenvalue weighted by atomic mass is 16.4. The predicted octanol–water partition coefficient (Wildman–Crippen LogP) is 4.14. The molecule has 5 nitrogen and oxygen atoms in total. The van der Waals surface area contributed by atoms with E-state index < -0.39 is 5.97 Å². The maximum atomic E-state index is 12.6. The molecule has 0 radical (unpaired) electrons. The molecule has 5 heteroatoms. The van der Waals surface area contributed by atoms with E-state index in [9.17, 15) is 9.59 Å². The van der Waals surface area contributed by atoms with Crippen LogP contribution in [-0.2, 0) is 0 Å². The number of ketones is 1. The van der Waals surface area contributed by atoms with Crippen molar-refractivity contribution in [1.82, 2.24) is 9.88 Å². The van der Waals surface area contributed by atoms with Crippen LogP contribution >= 0.6 is 0 Å². The van der Waals surface area contributed by atoms with Crippen molar-refractivity contribution in [2.45, 2.75) is 46.2 Å². The molecule has 1 aromatic carbocycles. The Morgan fingerprint density at radius 1 is 0.962 bits per heavy atom. The smallest absolute Gasteiger partial charge is 0.335 e. The molecule has 0 saturated heterocycles. The maximum Gasteiger partial charge on any atom is 0.335 e. The number of carboxylic acid groups (broad SMARTS) is 1. The summed E-state index contributed by atoms with van der Waals surface area (Å²) < 4.78 is 0. The molecule has 2 rings (SSSR count). The van der Waals surface area contributed by atoms with E-state index in [1.54, 1.807) is 36.7 Å². The van der Waals surface area contributed by atoms with Crippen molar-refractivity contribution in [3.05, 3.63) is 53.9 Å². The van der Waals surface area contributed by atoms with Crippen LogP contribution in [-0.4, -0.2) is 45.4 Å². The molecule has 1 N–H and O–H groups in total. The summed E-state index contributed by atoms with van der Waals surface area (Å²) in [6.07, 6.45) is 3.72. The second-order valence-electron chi connectivity index (χ2n) is 6.94. The molecule has 0 bridgehead atoms. The van der Waals surface area contributed by atoms with Gasteiger partial charge >= 0.3 is 5.97 Å². The van der Waals surface area contributed by atoms with Gasteiger partial charge < -0.3 is 5.11 Å². The normalized spacial score (nSPS) is 11.3. The van der Waals surface area contributed by atoms with E-state index in [4.69, 9.17) is 5.11 Å². The number of aromatic carboxylic acids is 1. The van der Waals surface area contributed by atoms with Crippen LogP contribution in [0.4, 0.5) is 0 Å². The summed E-state index contributed by atoms with van der Waals surface area (Å²) in [6, 6.07) is 9.16. The fraction of sp³-hybridized carbons (Fsp3) is 0.381. The van der Waals surface area contributed by atoms with Crippen molar-refractivity contribution in [2.75, 3.05) is 6.54 Å². The minimum atomic E-state index is -0.960. The highest BCUT2D eigenvalue weighted by Gasteiger charge is 2.16. The minimum absolute atomic E-state index is 0.0628. The Labute approximate surface area is 154 Å². The lowest BCUT2D eigenvalue weighted by atomic mass is 10.0.